The van der Waals surface area contributed by atoms with Gasteiger partial charge in [0, 0.05) is 6.42 Å². The van der Waals surface area contributed by atoms with E-state index in [-0.39, 0.29) is 12.0 Å². The van der Waals surface area contributed by atoms with Crippen LogP contribution in [-0.4, -0.2) is 23.3 Å². The number of aliphatic hydroxyl groups excluding tert-OH is 1. The number of nitrogens with one attached hydrogen (secondary N) is 1. The van der Waals surface area contributed by atoms with Crippen LogP contribution in [0.25, 0.3) is 0 Å². The molecule has 110 valence electrons. The summed E-state index contributed by atoms with van der Waals surface area (Å²) in [5.74, 6) is -0.160. The van der Waals surface area contributed by atoms with E-state index in [1.807, 2.05) is 30.3 Å². The Labute approximate surface area is 120 Å². The maximum atomic E-state index is 11.5. The predicted molar refractivity (Wildman–Crippen MR) is 81.6 cm³/mol. The molecule has 0 fully saturated rings. The summed E-state index contributed by atoms with van der Waals surface area (Å²) in [4.78, 5) is 11.5. The minimum absolute atomic E-state index is 0.160. The number of carbonyl (C=O) groups is 1. The smallest absolute Gasteiger partial charge is 0.240 e. The van der Waals surface area contributed by atoms with Crippen LogP contribution in [0.5, 0.6) is 0 Å². The van der Waals surface area contributed by atoms with E-state index in [0.29, 0.717) is 12.8 Å². The molecule has 0 bridgehead atoms. The van der Waals surface area contributed by atoms with Crippen molar-refractivity contribution < 1.29 is 9.90 Å². The second-order valence-corrected chi connectivity index (χ2v) is 4.89. The van der Waals surface area contributed by atoms with Gasteiger partial charge in [0.05, 0.1) is 12.3 Å². The van der Waals surface area contributed by atoms with Gasteiger partial charge in [-0.25, -0.2) is 5.43 Å². The van der Waals surface area contributed by atoms with Gasteiger partial charge in [0.25, 0.3) is 0 Å². The zero-order valence-corrected chi connectivity index (χ0v) is 12.1. The summed E-state index contributed by atoms with van der Waals surface area (Å²) < 4.78 is 0. The van der Waals surface area contributed by atoms with E-state index in [9.17, 15) is 9.90 Å². The van der Waals surface area contributed by atoms with Crippen LogP contribution in [0.3, 0.4) is 0 Å². The molecule has 20 heavy (non-hydrogen) atoms. The highest BCUT2D eigenvalue weighted by atomic mass is 16.3. The number of benzene rings is 1. The summed E-state index contributed by atoms with van der Waals surface area (Å²) in [5, 5.41) is 13.6. The summed E-state index contributed by atoms with van der Waals surface area (Å²) in [5.41, 5.74) is 3.41. The topological polar surface area (TPSA) is 61.7 Å². The first-order chi connectivity index (χ1) is 9.72. The lowest BCUT2D eigenvalue weighted by molar-refractivity contribution is -0.121. The molecule has 2 N–H and O–H groups in total. The number of hydrazone groups is 1. The number of nitrogens with zero attached hydrogens (tertiary/aromatic N) is 1. The highest BCUT2D eigenvalue weighted by Gasteiger charge is 2.07. The van der Waals surface area contributed by atoms with Gasteiger partial charge >= 0.3 is 0 Å². The molecule has 0 radical (unpaired) electrons. The Morgan fingerprint density at radius 1 is 1.30 bits per heavy atom. The molecule has 0 spiro atoms. The molecule has 1 amide bonds. The Hall–Kier alpha value is -1.68. The van der Waals surface area contributed by atoms with Crippen LogP contribution in [0.15, 0.2) is 35.4 Å². The van der Waals surface area contributed by atoms with Crippen LogP contribution in [0.1, 0.15) is 51.0 Å². The first kappa shape index (κ1) is 16.4. The summed E-state index contributed by atoms with van der Waals surface area (Å²) in [6.45, 7) is 2.13. The van der Waals surface area contributed by atoms with Crippen molar-refractivity contribution in [3.05, 3.63) is 35.9 Å². The number of rotatable bonds is 9. The SMILES string of the molecule is CCCCC[C@H](O)CCC(=O)N/N=C\c1ccccc1. The maximum absolute atomic E-state index is 11.5. The predicted octanol–water partition coefficient (Wildman–Crippen LogP) is 2.86. The zero-order valence-electron chi connectivity index (χ0n) is 12.1. The fourth-order valence-electron chi connectivity index (χ4n) is 1.85. The minimum atomic E-state index is -0.384. The molecule has 1 atom stereocenters. The number of carbonyl (C=O) groups excluding carboxylic acids is 1. The van der Waals surface area contributed by atoms with Crippen molar-refractivity contribution in [3.63, 3.8) is 0 Å². The van der Waals surface area contributed by atoms with Crippen molar-refractivity contribution in [1.29, 1.82) is 0 Å². The van der Waals surface area contributed by atoms with Crippen LogP contribution in [-0.2, 0) is 4.79 Å². The highest BCUT2D eigenvalue weighted by Crippen LogP contribution is 2.08. The molecule has 0 aliphatic heterocycles. The Morgan fingerprint density at radius 3 is 2.75 bits per heavy atom. The van der Waals surface area contributed by atoms with Crippen LogP contribution in [0, 0.1) is 0 Å². The van der Waals surface area contributed by atoms with Crippen molar-refractivity contribution in [1.82, 2.24) is 5.43 Å². The van der Waals surface area contributed by atoms with Gasteiger partial charge in [-0.2, -0.15) is 5.10 Å². The summed E-state index contributed by atoms with van der Waals surface area (Å²) >= 11 is 0. The van der Waals surface area contributed by atoms with Crippen LogP contribution in [0.2, 0.25) is 0 Å². The Morgan fingerprint density at radius 2 is 2.05 bits per heavy atom. The lowest BCUT2D eigenvalue weighted by Crippen LogP contribution is -2.19. The second kappa shape index (κ2) is 10.1. The molecule has 1 aromatic rings. The van der Waals surface area contributed by atoms with Gasteiger partial charge in [0.15, 0.2) is 0 Å². The number of aliphatic hydroxyl groups is 1. The second-order valence-electron chi connectivity index (χ2n) is 4.89. The fraction of sp³-hybridized carbons (Fsp3) is 0.500. The van der Waals surface area contributed by atoms with E-state index >= 15 is 0 Å². The summed E-state index contributed by atoms with van der Waals surface area (Å²) in [6, 6.07) is 9.57. The molecule has 0 aromatic heterocycles. The normalized spacial score (nSPS) is 12.5. The first-order valence-corrected chi connectivity index (χ1v) is 7.27. The lowest BCUT2D eigenvalue weighted by Gasteiger charge is -2.08. The third-order valence-electron chi connectivity index (χ3n) is 3.05. The number of hydrogen-bond acceptors (Lipinski definition) is 3. The van der Waals surface area contributed by atoms with Crippen molar-refractivity contribution in [2.75, 3.05) is 0 Å². The molecule has 1 rings (SSSR count). The molecule has 4 nitrogen and oxygen atoms in total. The fourth-order valence-corrected chi connectivity index (χ4v) is 1.85. The molecule has 0 aliphatic carbocycles. The van der Waals surface area contributed by atoms with Crippen LogP contribution < -0.4 is 5.43 Å². The summed E-state index contributed by atoms with van der Waals surface area (Å²) in [6.07, 6.45) is 6.09. The van der Waals surface area contributed by atoms with Gasteiger partial charge < -0.3 is 5.11 Å². The largest absolute Gasteiger partial charge is 0.393 e. The third kappa shape index (κ3) is 7.69. The van der Waals surface area contributed by atoms with Gasteiger partial charge in [-0.15, -0.1) is 0 Å². The standard InChI is InChI=1S/C16H24N2O2/c1-2-3-5-10-15(19)11-12-16(20)18-17-13-14-8-6-4-7-9-14/h4,6-9,13,15,19H,2-3,5,10-12H2,1H3,(H,18,20)/b17-13-/t15-/m0/s1. The summed E-state index contributed by atoms with van der Waals surface area (Å²) in [7, 11) is 0. The Balaban J connectivity index is 2.15. The average molecular weight is 276 g/mol. The van der Waals surface area contributed by atoms with E-state index < -0.39 is 0 Å². The molecule has 0 aliphatic rings. The molecule has 0 unspecified atom stereocenters. The van der Waals surface area contributed by atoms with Crippen molar-refractivity contribution in [2.45, 2.75) is 51.6 Å². The Bertz CT molecular complexity index is 404. The van der Waals surface area contributed by atoms with E-state index in [4.69, 9.17) is 0 Å². The highest BCUT2D eigenvalue weighted by molar-refractivity contribution is 5.82. The number of unbranched alkanes of at least 4 members (excludes halogenated alkanes) is 2. The molecular formula is C16H24N2O2. The van der Waals surface area contributed by atoms with E-state index in [1.54, 1.807) is 6.21 Å². The van der Waals surface area contributed by atoms with Crippen molar-refractivity contribution in [3.8, 4) is 0 Å². The Kier molecular flexibility index (Phi) is 8.31. The van der Waals surface area contributed by atoms with E-state index in [2.05, 4.69) is 17.5 Å². The monoisotopic (exact) mass is 276 g/mol. The van der Waals surface area contributed by atoms with E-state index in [1.165, 1.54) is 0 Å². The van der Waals surface area contributed by atoms with Gasteiger partial charge in [0.1, 0.15) is 0 Å². The molecule has 0 heterocycles. The van der Waals surface area contributed by atoms with Crippen LogP contribution in [0.4, 0.5) is 0 Å². The number of amides is 1. The third-order valence-corrected chi connectivity index (χ3v) is 3.05. The molecule has 4 heteroatoms. The van der Waals surface area contributed by atoms with Crippen molar-refractivity contribution >= 4 is 12.1 Å². The van der Waals surface area contributed by atoms with Gasteiger partial charge in [-0.3, -0.25) is 4.79 Å². The molecular weight excluding hydrogens is 252 g/mol. The van der Waals surface area contributed by atoms with Gasteiger partial charge in [-0.1, -0.05) is 56.5 Å². The molecule has 0 saturated carbocycles. The van der Waals surface area contributed by atoms with Crippen LogP contribution >= 0.6 is 0 Å². The first-order valence-electron chi connectivity index (χ1n) is 7.27. The lowest BCUT2D eigenvalue weighted by atomic mass is 10.1. The van der Waals surface area contributed by atoms with Gasteiger partial charge in [0.2, 0.25) is 5.91 Å². The van der Waals surface area contributed by atoms with Gasteiger partial charge in [-0.05, 0) is 18.4 Å². The average Bonchev–Trinajstić information content (AvgIpc) is 2.46. The minimum Gasteiger partial charge on any atom is -0.393 e. The molecule has 0 saturated heterocycles. The quantitative estimate of drug-likeness (QED) is 0.414. The van der Waals surface area contributed by atoms with E-state index in [0.717, 1.165) is 31.2 Å². The molecule has 1 aromatic carbocycles. The maximum Gasteiger partial charge on any atom is 0.240 e. The zero-order chi connectivity index (χ0) is 14.6. The number of hydrogen-bond donors (Lipinski definition) is 2. The van der Waals surface area contributed by atoms with Crippen molar-refractivity contribution in [2.24, 2.45) is 5.10 Å².